The molecular weight excluding hydrogens is 396 g/mol. The van der Waals surface area contributed by atoms with Gasteiger partial charge in [-0.15, -0.1) is 11.3 Å². The van der Waals surface area contributed by atoms with Crippen LogP contribution in [0.2, 0.25) is 5.02 Å². The Kier molecular flexibility index (Phi) is 6.90. The van der Waals surface area contributed by atoms with Crippen LogP contribution in [-0.4, -0.2) is 31.2 Å². The predicted molar refractivity (Wildman–Crippen MR) is 112 cm³/mol. The Balaban J connectivity index is 1.49. The minimum Gasteiger partial charge on any atom is -0.493 e. The van der Waals surface area contributed by atoms with E-state index in [2.05, 4.69) is 10.3 Å². The molecule has 0 atom stereocenters. The lowest BCUT2D eigenvalue weighted by Crippen LogP contribution is -2.30. The third-order valence-corrected chi connectivity index (χ3v) is 5.60. The molecule has 0 unspecified atom stereocenters. The molecule has 3 aromatic rings. The Labute approximate surface area is 173 Å². The van der Waals surface area contributed by atoms with E-state index in [4.69, 9.17) is 21.1 Å². The Morgan fingerprint density at radius 3 is 2.57 bits per heavy atom. The van der Waals surface area contributed by atoms with Crippen molar-refractivity contribution in [3.05, 3.63) is 64.1 Å². The first kappa shape index (κ1) is 20.2. The van der Waals surface area contributed by atoms with Crippen LogP contribution in [0.1, 0.15) is 10.6 Å². The summed E-state index contributed by atoms with van der Waals surface area (Å²) >= 11 is 7.57. The van der Waals surface area contributed by atoms with Crippen molar-refractivity contribution >= 4 is 28.8 Å². The second kappa shape index (κ2) is 9.57. The SMILES string of the molecule is COc1ccccc1OCC(=O)NCCc1sc(-c2ccc(Cl)cc2)nc1C. The quantitative estimate of drug-likeness (QED) is 0.586. The molecule has 0 saturated heterocycles. The molecule has 0 aliphatic heterocycles. The molecule has 0 radical (unpaired) electrons. The minimum absolute atomic E-state index is 0.0575. The van der Waals surface area contributed by atoms with Gasteiger partial charge in [0.25, 0.3) is 5.91 Å². The van der Waals surface area contributed by atoms with E-state index < -0.39 is 0 Å². The molecule has 1 amide bonds. The highest BCUT2D eigenvalue weighted by molar-refractivity contribution is 7.15. The van der Waals surface area contributed by atoms with Crippen LogP contribution in [0.3, 0.4) is 0 Å². The van der Waals surface area contributed by atoms with Gasteiger partial charge in [-0.1, -0.05) is 35.9 Å². The van der Waals surface area contributed by atoms with Crippen molar-refractivity contribution in [3.8, 4) is 22.1 Å². The molecule has 0 aliphatic rings. The highest BCUT2D eigenvalue weighted by Crippen LogP contribution is 2.29. The van der Waals surface area contributed by atoms with E-state index in [1.807, 2.05) is 43.3 Å². The molecule has 1 aromatic heterocycles. The maximum atomic E-state index is 12.0. The smallest absolute Gasteiger partial charge is 0.257 e. The van der Waals surface area contributed by atoms with E-state index in [1.165, 1.54) is 0 Å². The number of amides is 1. The summed E-state index contributed by atoms with van der Waals surface area (Å²) in [5.74, 6) is 0.974. The van der Waals surface area contributed by atoms with Gasteiger partial charge in [0.05, 0.1) is 12.8 Å². The number of para-hydroxylation sites is 2. The van der Waals surface area contributed by atoms with E-state index in [0.29, 0.717) is 23.1 Å². The van der Waals surface area contributed by atoms with Gasteiger partial charge in [0, 0.05) is 28.4 Å². The highest BCUT2D eigenvalue weighted by Gasteiger charge is 2.11. The van der Waals surface area contributed by atoms with Crippen molar-refractivity contribution in [2.45, 2.75) is 13.3 Å². The molecule has 0 spiro atoms. The van der Waals surface area contributed by atoms with Crippen molar-refractivity contribution in [3.63, 3.8) is 0 Å². The van der Waals surface area contributed by atoms with Crippen molar-refractivity contribution in [2.75, 3.05) is 20.3 Å². The third-order valence-electron chi connectivity index (χ3n) is 4.09. The van der Waals surface area contributed by atoms with E-state index in [-0.39, 0.29) is 12.5 Å². The average Bonchev–Trinajstić information content (AvgIpc) is 3.07. The molecule has 7 heteroatoms. The Bertz CT molecular complexity index is 941. The van der Waals surface area contributed by atoms with Crippen LogP contribution >= 0.6 is 22.9 Å². The molecule has 0 saturated carbocycles. The van der Waals surface area contributed by atoms with Gasteiger partial charge in [0.2, 0.25) is 0 Å². The summed E-state index contributed by atoms with van der Waals surface area (Å²) < 4.78 is 10.7. The molecular formula is C21H21ClN2O3S. The summed E-state index contributed by atoms with van der Waals surface area (Å²) in [4.78, 5) is 17.8. The first-order chi connectivity index (χ1) is 13.6. The Morgan fingerprint density at radius 1 is 1.14 bits per heavy atom. The predicted octanol–water partition coefficient (Wildman–Crippen LogP) is 4.52. The number of rotatable bonds is 8. The van der Waals surface area contributed by atoms with E-state index in [0.717, 1.165) is 27.6 Å². The molecule has 146 valence electrons. The van der Waals surface area contributed by atoms with Crippen molar-refractivity contribution in [2.24, 2.45) is 0 Å². The van der Waals surface area contributed by atoms with Gasteiger partial charge in [0.1, 0.15) is 5.01 Å². The Hall–Kier alpha value is -2.57. The number of thiazole rings is 1. The molecule has 0 bridgehead atoms. The van der Waals surface area contributed by atoms with Gasteiger partial charge in [0.15, 0.2) is 18.1 Å². The summed E-state index contributed by atoms with van der Waals surface area (Å²) in [5.41, 5.74) is 2.02. The van der Waals surface area contributed by atoms with Crippen LogP contribution < -0.4 is 14.8 Å². The van der Waals surface area contributed by atoms with Crippen LogP contribution in [0.25, 0.3) is 10.6 Å². The zero-order valence-electron chi connectivity index (χ0n) is 15.7. The number of ether oxygens (including phenoxy) is 2. The van der Waals surface area contributed by atoms with Gasteiger partial charge in [-0.25, -0.2) is 4.98 Å². The van der Waals surface area contributed by atoms with Crippen LogP contribution in [0.4, 0.5) is 0 Å². The standard InChI is InChI=1S/C21H21ClN2O3S/c1-14-19(28-21(24-14)15-7-9-16(22)10-8-15)11-12-23-20(25)13-27-18-6-4-3-5-17(18)26-2/h3-10H,11-13H2,1-2H3,(H,23,25). The van der Waals surface area contributed by atoms with Gasteiger partial charge in [-0.3, -0.25) is 4.79 Å². The lowest BCUT2D eigenvalue weighted by atomic mass is 10.2. The van der Waals surface area contributed by atoms with E-state index in [1.54, 1.807) is 30.6 Å². The number of benzene rings is 2. The fourth-order valence-corrected chi connectivity index (χ4v) is 3.82. The first-order valence-corrected chi connectivity index (χ1v) is 10.0. The zero-order valence-corrected chi connectivity index (χ0v) is 17.3. The number of aryl methyl sites for hydroxylation is 1. The molecule has 0 fully saturated rings. The van der Waals surface area contributed by atoms with Crippen molar-refractivity contribution in [1.82, 2.24) is 10.3 Å². The number of nitrogens with one attached hydrogen (secondary N) is 1. The molecule has 5 nitrogen and oxygen atoms in total. The summed E-state index contributed by atoms with van der Waals surface area (Å²) in [5, 5.41) is 4.54. The van der Waals surface area contributed by atoms with Crippen molar-refractivity contribution in [1.29, 1.82) is 0 Å². The molecule has 1 heterocycles. The number of halogens is 1. The van der Waals surface area contributed by atoms with E-state index >= 15 is 0 Å². The maximum absolute atomic E-state index is 12.0. The lowest BCUT2D eigenvalue weighted by molar-refractivity contribution is -0.123. The largest absolute Gasteiger partial charge is 0.493 e. The fraction of sp³-hybridized carbons (Fsp3) is 0.238. The molecule has 0 aliphatic carbocycles. The highest BCUT2D eigenvalue weighted by atomic mass is 35.5. The molecule has 1 N–H and O–H groups in total. The monoisotopic (exact) mass is 416 g/mol. The number of carbonyl (C=O) groups is 1. The number of methoxy groups -OCH3 is 1. The number of hydrogen-bond acceptors (Lipinski definition) is 5. The fourth-order valence-electron chi connectivity index (χ4n) is 2.62. The van der Waals surface area contributed by atoms with Gasteiger partial charge >= 0.3 is 0 Å². The van der Waals surface area contributed by atoms with Crippen molar-refractivity contribution < 1.29 is 14.3 Å². The van der Waals surface area contributed by atoms with Gasteiger partial charge in [-0.2, -0.15) is 0 Å². The number of nitrogens with zero attached hydrogens (tertiary/aromatic N) is 1. The lowest BCUT2D eigenvalue weighted by Gasteiger charge is -2.10. The maximum Gasteiger partial charge on any atom is 0.257 e. The number of carbonyl (C=O) groups excluding carboxylic acids is 1. The summed E-state index contributed by atoms with van der Waals surface area (Å²) in [6.07, 6.45) is 0.720. The first-order valence-electron chi connectivity index (χ1n) is 8.81. The number of aromatic nitrogens is 1. The normalized spacial score (nSPS) is 10.5. The summed E-state index contributed by atoms with van der Waals surface area (Å²) in [6.45, 7) is 2.45. The van der Waals surface area contributed by atoms with Crippen LogP contribution in [0, 0.1) is 6.92 Å². The molecule has 3 rings (SSSR count). The second-order valence-electron chi connectivity index (χ2n) is 6.07. The van der Waals surface area contributed by atoms with E-state index in [9.17, 15) is 4.79 Å². The summed E-state index contributed by atoms with van der Waals surface area (Å²) in [7, 11) is 1.57. The molecule has 2 aromatic carbocycles. The van der Waals surface area contributed by atoms with Crippen LogP contribution in [-0.2, 0) is 11.2 Å². The Morgan fingerprint density at radius 2 is 1.86 bits per heavy atom. The summed E-state index contributed by atoms with van der Waals surface area (Å²) in [6, 6.07) is 14.9. The second-order valence-corrected chi connectivity index (χ2v) is 7.59. The van der Waals surface area contributed by atoms with Gasteiger partial charge in [-0.05, 0) is 31.2 Å². The minimum atomic E-state index is -0.175. The zero-order chi connectivity index (χ0) is 19.9. The number of hydrogen-bond donors (Lipinski definition) is 1. The third kappa shape index (κ3) is 5.24. The topological polar surface area (TPSA) is 60.5 Å². The van der Waals surface area contributed by atoms with Gasteiger partial charge < -0.3 is 14.8 Å². The van der Waals surface area contributed by atoms with Crippen LogP contribution in [0.5, 0.6) is 11.5 Å². The average molecular weight is 417 g/mol. The van der Waals surface area contributed by atoms with Crippen LogP contribution in [0.15, 0.2) is 48.5 Å². The molecule has 28 heavy (non-hydrogen) atoms.